The summed E-state index contributed by atoms with van der Waals surface area (Å²) in [7, 11) is 3.54. The van der Waals surface area contributed by atoms with E-state index in [0.29, 0.717) is 5.95 Å². The van der Waals surface area contributed by atoms with Gasteiger partial charge in [-0.25, -0.2) is 4.39 Å². The molecule has 0 amide bonds. The lowest BCUT2D eigenvalue weighted by Crippen LogP contribution is -2.14. The van der Waals surface area contributed by atoms with Gasteiger partial charge in [0.05, 0.1) is 5.56 Å². The van der Waals surface area contributed by atoms with E-state index in [-0.39, 0.29) is 16.7 Å². The van der Waals surface area contributed by atoms with Crippen molar-refractivity contribution in [2.75, 3.05) is 19.0 Å². The molecule has 7 heteroatoms. The molecule has 0 unspecified atom stereocenters. The largest absolute Gasteiger partial charge is 0.347 e. The summed E-state index contributed by atoms with van der Waals surface area (Å²) in [6.45, 7) is 0. The fraction of sp³-hybridized carbons (Fsp3) is 0.182. The zero-order valence-electron chi connectivity index (χ0n) is 9.65. The van der Waals surface area contributed by atoms with Crippen LogP contribution in [0.25, 0.3) is 11.4 Å². The van der Waals surface area contributed by atoms with Crippen molar-refractivity contribution >= 4 is 33.5 Å². The number of aromatic nitrogens is 3. The van der Waals surface area contributed by atoms with Crippen LogP contribution in [0.5, 0.6) is 0 Å². The smallest absolute Gasteiger partial charge is 0.229 e. The molecule has 0 radical (unpaired) electrons. The van der Waals surface area contributed by atoms with Crippen LogP contribution < -0.4 is 4.90 Å². The molecule has 0 N–H and O–H groups in total. The third-order valence-electron chi connectivity index (χ3n) is 2.17. The zero-order valence-corrected chi connectivity index (χ0v) is 12.0. The number of nitrogens with zero attached hydrogens (tertiary/aromatic N) is 4. The van der Waals surface area contributed by atoms with Crippen LogP contribution in [-0.2, 0) is 0 Å². The first-order valence-electron chi connectivity index (χ1n) is 5.01. The summed E-state index contributed by atoms with van der Waals surface area (Å²) in [6, 6.07) is 4.54. The van der Waals surface area contributed by atoms with E-state index in [1.807, 2.05) is 0 Å². The minimum atomic E-state index is -0.412. The Kier molecular flexibility index (Phi) is 3.77. The van der Waals surface area contributed by atoms with Crippen LogP contribution in [0.15, 0.2) is 22.7 Å². The van der Waals surface area contributed by atoms with Crippen molar-refractivity contribution in [3.8, 4) is 11.4 Å². The molecule has 4 nitrogen and oxygen atoms in total. The van der Waals surface area contributed by atoms with Gasteiger partial charge in [-0.15, -0.1) is 0 Å². The van der Waals surface area contributed by atoms with Crippen molar-refractivity contribution in [2.45, 2.75) is 0 Å². The highest BCUT2D eigenvalue weighted by atomic mass is 79.9. The fourth-order valence-corrected chi connectivity index (χ4v) is 1.85. The quantitative estimate of drug-likeness (QED) is 0.848. The number of hydrogen-bond donors (Lipinski definition) is 0. The second-order valence-corrected chi connectivity index (χ2v) is 5.00. The molecule has 2 aromatic rings. The van der Waals surface area contributed by atoms with Gasteiger partial charge in [-0.2, -0.15) is 15.0 Å². The first-order chi connectivity index (χ1) is 8.47. The zero-order chi connectivity index (χ0) is 13.3. The lowest BCUT2D eigenvalue weighted by Gasteiger charge is -2.11. The Balaban J connectivity index is 2.60. The van der Waals surface area contributed by atoms with Crippen LogP contribution >= 0.6 is 27.5 Å². The molecule has 1 aromatic heterocycles. The Labute approximate surface area is 117 Å². The maximum atomic E-state index is 13.7. The highest BCUT2D eigenvalue weighted by molar-refractivity contribution is 9.10. The Morgan fingerprint density at radius 2 is 1.94 bits per heavy atom. The maximum Gasteiger partial charge on any atom is 0.229 e. The summed E-state index contributed by atoms with van der Waals surface area (Å²) < 4.78 is 14.5. The lowest BCUT2D eigenvalue weighted by atomic mass is 10.2. The van der Waals surface area contributed by atoms with Gasteiger partial charge in [0, 0.05) is 18.6 Å². The van der Waals surface area contributed by atoms with Gasteiger partial charge >= 0.3 is 0 Å². The van der Waals surface area contributed by atoms with Gasteiger partial charge in [0.25, 0.3) is 0 Å². The molecule has 0 aliphatic heterocycles. The van der Waals surface area contributed by atoms with E-state index in [4.69, 9.17) is 11.6 Å². The average molecular weight is 332 g/mol. The molecule has 0 bridgehead atoms. The van der Waals surface area contributed by atoms with Crippen LogP contribution in [0, 0.1) is 5.82 Å². The summed E-state index contributed by atoms with van der Waals surface area (Å²) in [5.41, 5.74) is 0.275. The van der Waals surface area contributed by atoms with Crippen LogP contribution in [-0.4, -0.2) is 29.0 Å². The SMILES string of the molecule is CN(C)c1nc(Cl)nc(-c2cc(Br)ccc2F)n1. The van der Waals surface area contributed by atoms with E-state index < -0.39 is 5.82 Å². The molecule has 0 atom stereocenters. The first-order valence-corrected chi connectivity index (χ1v) is 6.19. The third kappa shape index (κ3) is 2.76. The van der Waals surface area contributed by atoms with Gasteiger partial charge in [-0.1, -0.05) is 15.9 Å². The summed E-state index contributed by atoms with van der Waals surface area (Å²) in [5, 5.41) is 0.0306. The molecule has 0 saturated carbocycles. The molecule has 18 heavy (non-hydrogen) atoms. The number of hydrogen-bond acceptors (Lipinski definition) is 4. The second-order valence-electron chi connectivity index (χ2n) is 3.75. The Bertz CT molecular complexity index is 591. The molecule has 0 fully saturated rings. The highest BCUT2D eigenvalue weighted by Crippen LogP contribution is 2.25. The summed E-state index contributed by atoms with van der Waals surface area (Å²) in [6.07, 6.45) is 0. The van der Waals surface area contributed by atoms with Crippen molar-refractivity contribution in [3.63, 3.8) is 0 Å². The number of benzene rings is 1. The molecule has 0 aliphatic carbocycles. The van der Waals surface area contributed by atoms with E-state index in [2.05, 4.69) is 30.9 Å². The number of anilines is 1. The van der Waals surface area contributed by atoms with Crippen molar-refractivity contribution in [3.05, 3.63) is 33.8 Å². The number of rotatable bonds is 2. The molecule has 1 heterocycles. The molecule has 94 valence electrons. The van der Waals surface area contributed by atoms with Gasteiger partial charge in [0.2, 0.25) is 11.2 Å². The Hall–Kier alpha value is -1.27. The van der Waals surface area contributed by atoms with E-state index in [0.717, 1.165) is 4.47 Å². The molecule has 1 aromatic carbocycles. The predicted octanol–water partition coefficient (Wildman–Crippen LogP) is 3.16. The minimum Gasteiger partial charge on any atom is -0.347 e. The first kappa shape index (κ1) is 13.2. The normalized spacial score (nSPS) is 10.5. The van der Waals surface area contributed by atoms with E-state index >= 15 is 0 Å². The van der Waals surface area contributed by atoms with Gasteiger partial charge in [-0.3, -0.25) is 0 Å². The maximum absolute atomic E-state index is 13.7. The van der Waals surface area contributed by atoms with E-state index in [1.54, 1.807) is 31.1 Å². The molecule has 0 spiro atoms. The fourth-order valence-electron chi connectivity index (χ4n) is 1.33. The average Bonchev–Trinajstić information content (AvgIpc) is 2.31. The molecule has 0 aliphatic rings. The van der Waals surface area contributed by atoms with Crippen molar-refractivity contribution in [1.82, 2.24) is 15.0 Å². The van der Waals surface area contributed by atoms with Crippen LogP contribution in [0.3, 0.4) is 0 Å². The van der Waals surface area contributed by atoms with Crippen LogP contribution in [0.4, 0.5) is 10.3 Å². The highest BCUT2D eigenvalue weighted by Gasteiger charge is 2.12. The van der Waals surface area contributed by atoms with Crippen molar-refractivity contribution < 1.29 is 4.39 Å². The van der Waals surface area contributed by atoms with Gasteiger partial charge in [0.15, 0.2) is 5.82 Å². The summed E-state index contributed by atoms with van der Waals surface area (Å²) in [5.74, 6) is 0.173. The number of halogens is 3. The standard InChI is InChI=1S/C11H9BrClFN4/c1-18(2)11-16-9(15-10(13)17-11)7-5-6(12)3-4-8(7)14/h3-5H,1-2H3. The van der Waals surface area contributed by atoms with E-state index in [9.17, 15) is 4.39 Å². The molecule has 2 rings (SSSR count). The topological polar surface area (TPSA) is 41.9 Å². The lowest BCUT2D eigenvalue weighted by molar-refractivity contribution is 0.629. The molecule has 0 saturated heterocycles. The van der Waals surface area contributed by atoms with Gasteiger partial charge < -0.3 is 4.90 Å². The summed E-state index contributed by atoms with van der Waals surface area (Å²) >= 11 is 9.09. The van der Waals surface area contributed by atoms with Crippen LogP contribution in [0.1, 0.15) is 0 Å². The monoisotopic (exact) mass is 330 g/mol. The Morgan fingerprint density at radius 3 is 2.61 bits per heavy atom. The van der Waals surface area contributed by atoms with Crippen molar-refractivity contribution in [2.24, 2.45) is 0 Å². The van der Waals surface area contributed by atoms with Gasteiger partial charge in [0.1, 0.15) is 5.82 Å². The minimum absolute atomic E-state index is 0.0306. The van der Waals surface area contributed by atoms with Crippen molar-refractivity contribution in [1.29, 1.82) is 0 Å². The summed E-state index contributed by atoms with van der Waals surface area (Å²) in [4.78, 5) is 13.7. The second kappa shape index (κ2) is 5.16. The van der Waals surface area contributed by atoms with E-state index in [1.165, 1.54) is 6.07 Å². The van der Waals surface area contributed by atoms with Crippen LogP contribution in [0.2, 0.25) is 5.28 Å². The Morgan fingerprint density at radius 1 is 1.22 bits per heavy atom. The molecular weight excluding hydrogens is 323 g/mol. The predicted molar refractivity (Wildman–Crippen MR) is 72.3 cm³/mol. The van der Waals surface area contributed by atoms with Gasteiger partial charge in [-0.05, 0) is 29.8 Å². The third-order valence-corrected chi connectivity index (χ3v) is 2.83. The molecular formula is C11H9BrClFN4.